The summed E-state index contributed by atoms with van der Waals surface area (Å²) < 4.78 is 1.93. The molecular weight excluding hydrogens is 310 g/mol. The predicted octanol–water partition coefficient (Wildman–Crippen LogP) is 3.31. The van der Waals surface area contributed by atoms with E-state index < -0.39 is 0 Å². The molecule has 6 nitrogen and oxygen atoms in total. The first kappa shape index (κ1) is 14.7. The van der Waals surface area contributed by atoms with Gasteiger partial charge in [-0.25, -0.2) is 9.67 Å². The van der Waals surface area contributed by atoms with Crippen molar-refractivity contribution in [3.05, 3.63) is 23.3 Å². The summed E-state index contributed by atoms with van der Waals surface area (Å²) >= 11 is 1.55. The summed E-state index contributed by atoms with van der Waals surface area (Å²) in [5.41, 5.74) is 0.497. The van der Waals surface area contributed by atoms with Gasteiger partial charge in [-0.05, 0) is 38.5 Å². The molecule has 1 saturated heterocycles. The third-order valence-corrected chi connectivity index (χ3v) is 5.59. The maximum absolute atomic E-state index is 12.5. The number of nitrogens with one attached hydrogen (secondary N) is 1. The van der Waals surface area contributed by atoms with Gasteiger partial charge in [0.2, 0.25) is 0 Å². The van der Waals surface area contributed by atoms with Crippen LogP contribution in [0.1, 0.15) is 55.1 Å². The molecular formula is C16H21N5OS. The first-order chi connectivity index (χ1) is 11.3. The highest BCUT2D eigenvalue weighted by atomic mass is 32.1. The molecule has 3 heterocycles. The standard InChI is InChI=1S/C16H21N5OS/c22-15(19-14-7-8-17-21(14)12-5-4-6-12)13-11-23-16(18-13)20-9-2-1-3-10-20/h7-8,11-12H,1-6,9-10H2,(H,19,22). The average molecular weight is 331 g/mol. The van der Waals surface area contributed by atoms with Gasteiger partial charge in [0.05, 0.1) is 12.2 Å². The number of anilines is 2. The normalized spacial score (nSPS) is 18.7. The number of amides is 1. The van der Waals surface area contributed by atoms with Crippen LogP contribution in [0.2, 0.25) is 0 Å². The third kappa shape index (κ3) is 2.97. The minimum atomic E-state index is -0.148. The van der Waals surface area contributed by atoms with Crippen molar-refractivity contribution in [1.29, 1.82) is 0 Å². The second-order valence-electron chi connectivity index (χ2n) is 6.26. The quantitative estimate of drug-likeness (QED) is 0.933. The number of rotatable bonds is 4. The fourth-order valence-electron chi connectivity index (χ4n) is 3.11. The molecule has 0 radical (unpaired) electrons. The van der Waals surface area contributed by atoms with Gasteiger partial charge in [0.1, 0.15) is 11.5 Å². The van der Waals surface area contributed by atoms with Crippen LogP contribution in [0.4, 0.5) is 10.9 Å². The van der Waals surface area contributed by atoms with Gasteiger partial charge in [-0.15, -0.1) is 11.3 Å². The van der Waals surface area contributed by atoms with Crippen molar-refractivity contribution in [2.75, 3.05) is 23.3 Å². The lowest BCUT2D eigenvalue weighted by molar-refractivity contribution is 0.102. The molecule has 1 N–H and O–H groups in total. The molecule has 2 aromatic rings. The molecule has 4 rings (SSSR count). The van der Waals surface area contributed by atoms with Gasteiger partial charge in [-0.2, -0.15) is 5.10 Å². The Balaban J connectivity index is 1.45. The summed E-state index contributed by atoms with van der Waals surface area (Å²) in [5.74, 6) is 0.623. The highest BCUT2D eigenvalue weighted by Crippen LogP contribution is 2.33. The first-order valence-corrected chi connectivity index (χ1v) is 9.24. The third-order valence-electron chi connectivity index (χ3n) is 4.68. The molecule has 1 saturated carbocycles. The van der Waals surface area contributed by atoms with E-state index in [4.69, 9.17) is 0 Å². The summed E-state index contributed by atoms with van der Waals surface area (Å²) in [7, 11) is 0. The van der Waals surface area contributed by atoms with Crippen LogP contribution in [0.15, 0.2) is 17.6 Å². The van der Waals surface area contributed by atoms with Gasteiger partial charge in [-0.1, -0.05) is 0 Å². The van der Waals surface area contributed by atoms with Gasteiger partial charge >= 0.3 is 0 Å². The molecule has 2 aliphatic rings. The molecule has 0 atom stereocenters. The van der Waals surface area contributed by atoms with Crippen molar-refractivity contribution in [3.63, 3.8) is 0 Å². The highest BCUT2D eigenvalue weighted by Gasteiger charge is 2.23. The van der Waals surface area contributed by atoms with Gasteiger partial charge < -0.3 is 10.2 Å². The molecule has 0 bridgehead atoms. The van der Waals surface area contributed by atoms with Crippen LogP contribution in [0.5, 0.6) is 0 Å². The molecule has 7 heteroatoms. The Morgan fingerprint density at radius 1 is 1.22 bits per heavy atom. The van der Waals surface area contributed by atoms with E-state index in [-0.39, 0.29) is 5.91 Å². The number of carbonyl (C=O) groups excluding carboxylic acids is 1. The van der Waals surface area contributed by atoms with E-state index in [9.17, 15) is 4.79 Å². The average Bonchev–Trinajstić information content (AvgIpc) is 3.17. The van der Waals surface area contributed by atoms with Crippen LogP contribution < -0.4 is 10.2 Å². The van der Waals surface area contributed by atoms with Gasteiger partial charge in [-0.3, -0.25) is 4.79 Å². The van der Waals surface area contributed by atoms with E-state index in [1.165, 1.54) is 25.7 Å². The van der Waals surface area contributed by atoms with Crippen molar-refractivity contribution in [2.24, 2.45) is 0 Å². The Bertz CT molecular complexity index is 684. The highest BCUT2D eigenvalue weighted by molar-refractivity contribution is 7.14. The summed E-state index contributed by atoms with van der Waals surface area (Å²) in [4.78, 5) is 19.3. The Morgan fingerprint density at radius 3 is 2.78 bits per heavy atom. The zero-order valence-electron chi connectivity index (χ0n) is 13.1. The van der Waals surface area contributed by atoms with Crippen molar-refractivity contribution in [3.8, 4) is 0 Å². The zero-order chi connectivity index (χ0) is 15.6. The van der Waals surface area contributed by atoms with E-state index in [0.29, 0.717) is 11.7 Å². The van der Waals surface area contributed by atoms with Crippen LogP contribution >= 0.6 is 11.3 Å². The summed E-state index contributed by atoms with van der Waals surface area (Å²) in [5, 5.41) is 10.1. The topological polar surface area (TPSA) is 63.1 Å². The van der Waals surface area contributed by atoms with Crippen LogP contribution in [-0.4, -0.2) is 33.8 Å². The number of thiazole rings is 1. The molecule has 0 aromatic carbocycles. The van der Waals surface area contributed by atoms with Crippen LogP contribution in [0.25, 0.3) is 0 Å². The molecule has 1 amide bonds. The maximum atomic E-state index is 12.5. The van der Waals surface area contributed by atoms with Crippen LogP contribution in [0, 0.1) is 0 Å². The summed E-state index contributed by atoms with van der Waals surface area (Å²) in [6, 6.07) is 2.29. The zero-order valence-corrected chi connectivity index (χ0v) is 13.9. The Morgan fingerprint density at radius 2 is 2.04 bits per heavy atom. The Kier molecular flexibility index (Phi) is 4.03. The minimum absolute atomic E-state index is 0.148. The fraction of sp³-hybridized carbons (Fsp3) is 0.562. The van der Waals surface area contributed by atoms with E-state index in [1.54, 1.807) is 17.5 Å². The molecule has 0 spiro atoms. The minimum Gasteiger partial charge on any atom is -0.348 e. The number of nitrogens with zero attached hydrogens (tertiary/aromatic N) is 4. The Labute approximate surface area is 139 Å². The number of aromatic nitrogens is 3. The second-order valence-corrected chi connectivity index (χ2v) is 7.10. The molecule has 1 aliphatic heterocycles. The molecule has 1 aliphatic carbocycles. The monoisotopic (exact) mass is 331 g/mol. The molecule has 2 fully saturated rings. The SMILES string of the molecule is O=C(Nc1ccnn1C1CCC1)c1csc(N2CCCCC2)n1. The second kappa shape index (κ2) is 6.31. The van der Waals surface area contributed by atoms with Gasteiger partial charge in [0, 0.05) is 24.5 Å². The van der Waals surface area contributed by atoms with Gasteiger partial charge in [0.15, 0.2) is 5.13 Å². The number of hydrogen-bond donors (Lipinski definition) is 1. The van der Waals surface area contributed by atoms with E-state index in [1.807, 2.05) is 16.1 Å². The smallest absolute Gasteiger partial charge is 0.276 e. The summed E-state index contributed by atoms with van der Waals surface area (Å²) in [6.45, 7) is 2.09. The summed E-state index contributed by atoms with van der Waals surface area (Å²) in [6.07, 6.45) is 8.97. The lowest BCUT2D eigenvalue weighted by atomic mass is 9.93. The lowest BCUT2D eigenvalue weighted by Crippen LogP contribution is -2.29. The van der Waals surface area contributed by atoms with Crippen molar-refractivity contribution < 1.29 is 4.79 Å². The van der Waals surface area contributed by atoms with Crippen molar-refractivity contribution in [1.82, 2.24) is 14.8 Å². The van der Waals surface area contributed by atoms with E-state index in [2.05, 4.69) is 20.3 Å². The Hall–Kier alpha value is -1.89. The van der Waals surface area contributed by atoms with E-state index >= 15 is 0 Å². The number of carbonyl (C=O) groups is 1. The first-order valence-electron chi connectivity index (χ1n) is 8.36. The van der Waals surface area contributed by atoms with Crippen molar-refractivity contribution >= 4 is 28.2 Å². The van der Waals surface area contributed by atoms with Crippen molar-refractivity contribution in [2.45, 2.75) is 44.6 Å². The van der Waals surface area contributed by atoms with E-state index in [0.717, 1.165) is 36.9 Å². The fourth-order valence-corrected chi connectivity index (χ4v) is 3.97. The molecule has 122 valence electrons. The number of piperidine rings is 1. The van der Waals surface area contributed by atoms with Gasteiger partial charge in [0.25, 0.3) is 5.91 Å². The number of hydrogen-bond acceptors (Lipinski definition) is 5. The van der Waals surface area contributed by atoms with Crippen LogP contribution in [-0.2, 0) is 0 Å². The molecule has 2 aromatic heterocycles. The molecule has 0 unspecified atom stereocenters. The predicted molar refractivity (Wildman–Crippen MR) is 91.2 cm³/mol. The lowest BCUT2D eigenvalue weighted by Gasteiger charge is -2.27. The largest absolute Gasteiger partial charge is 0.348 e. The maximum Gasteiger partial charge on any atom is 0.276 e. The molecule has 23 heavy (non-hydrogen) atoms. The van der Waals surface area contributed by atoms with Crippen LogP contribution in [0.3, 0.4) is 0 Å².